The molecule has 0 unspecified atom stereocenters. The number of fused-ring (bicyclic) bond motifs is 1. The molecule has 1 aromatic carbocycles. The molecule has 4 nitrogen and oxygen atoms in total. The predicted molar refractivity (Wildman–Crippen MR) is 88.8 cm³/mol. The van der Waals surface area contributed by atoms with Gasteiger partial charge in [0.05, 0.1) is 12.2 Å². The number of nitrogens with zero attached hydrogens (tertiary/aromatic N) is 2. The highest BCUT2D eigenvalue weighted by Crippen LogP contribution is 2.33. The van der Waals surface area contributed by atoms with E-state index in [-0.39, 0.29) is 17.1 Å². The van der Waals surface area contributed by atoms with Crippen LogP contribution in [0.2, 0.25) is 0 Å². The Bertz CT molecular complexity index is 937. The van der Waals surface area contributed by atoms with Crippen LogP contribution < -0.4 is 11.3 Å². The molecule has 5 heteroatoms. The molecule has 2 N–H and O–H groups in total. The summed E-state index contributed by atoms with van der Waals surface area (Å²) in [6.45, 7) is 1.36. The van der Waals surface area contributed by atoms with E-state index in [4.69, 9.17) is 5.73 Å². The van der Waals surface area contributed by atoms with E-state index in [2.05, 4.69) is 4.57 Å². The Hall–Kier alpha value is -2.56. The van der Waals surface area contributed by atoms with Crippen LogP contribution in [0.1, 0.15) is 18.5 Å². The maximum Gasteiger partial charge on any atom is 0.274 e. The fraction of sp³-hybridized carbons (Fsp3) is 0.278. The molecule has 0 atom stereocenters. The SMILES string of the molecule is Nc1cccn(Cc2cc3cc(F)ccc3n2CC2CC2)c1=O. The van der Waals surface area contributed by atoms with Crippen molar-refractivity contribution in [3.8, 4) is 0 Å². The lowest BCUT2D eigenvalue weighted by Crippen LogP contribution is -2.23. The summed E-state index contributed by atoms with van der Waals surface area (Å²) >= 11 is 0. The van der Waals surface area contributed by atoms with Gasteiger partial charge in [0, 0.05) is 29.3 Å². The number of halogens is 1. The lowest BCUT2D eigenvalue weighted by atomic mass is 10.2. The Labute approximate surface area is 133 Å². The number of hydrogen-bond acceptors (Lipinski definition) is 2. The molecule has 1 aliphatic carbocycles. The number of nitrogen functional groups attached to an aromatic ring is 1. The smallest absolute Gasteiger partial charge is 0.274 e. The Morgan fingerprint density at radius 1 is 1.22 bits per heavy atom. The van der Waals surface area contributed by atoms with Gasteiger partial charge in [-0.2, -0.15) is 0 Å². The summed E-state index contributed by atoms with van der Waals surface area (Å²) in [5, 5.41) is 0.873. The number of nitrogens with two attached hydrogens (primary N) is 1. The Balaban J connectivity index is 1.81. The molecule has 1 fully saturated rings. The molecule has 3 aromatic rings. The topological polar surface area (TPSA) is 52.9 Å². The van der Waals surface area contributed by atoms with Crippen LogP contribution in [0.25, 0.3) is 10.9 Å². The number of aromatic nitrogens is 2. The van der Waals surface area contributed by atoms with Gasteiger partial charge in [-0.25, -0.2) is 4.39 Å². The average Bonchev–Trinajstić information content (AvgIpc) is 3.27. The van der Waals surface area contributed by atoms with Gasteiger partial charge in [-0.15, -0.1) is 0 Å². The molecule has 0 amide bonds. The highest BCUT2D eigenvalue weighted by Gasteiger charge is 2.24. The van der Waals surface area contributed by atoms with Gasteiger partial charge in [-0.05, 0) is 55.2 Å². The number of pyridine rings is 1. The largest absolute Gasteiger partial charge is 0.394 e. The molecule has 1 saturated carbocycles. The minimum absolute atomic E-state index is 0.193. The van der Waals surface area contributed by atoms with Crippen molar-refractivity contribution in [2.24, 2.45) is 5.92 Å². The highest BCUT2D eigenvalue weighted by atomic mass is 19.1. The normalized spacial score (nSPS) is 14.5. The minimum atomic E-state index is -0.242. The molecule has 1 aliphatic rings. The zero-order valence-corrected chi connectivity index (χ0v) is 12.7. The van der Waals surface area contributed by atoms with Gasteiger partial charge in [0.2, 0.25) is 0 Å². The fourth-order valence-electron chi connectivity index (χ4n) is 3.06. The second-order valence-corrected chi connectivity index (χ2v) is 6.29. The van der Waals surface area contributed by atoms with Crippen molar-refractivity contribution in [1.29, 1.82) is 0 Å². The zero-order chi connectivity index (χ0) is 16.0. The van der Waals surface area contributed by atoms with Crippen LogP contribution in [0, 0.1) is 11.7 Å². The summed E-state index contributed by atoms with van der Waals surface area (Å²) in [5.41, 5.74) is 7.78. The summed E-state index contributed by atoms with van der Waals surface area (Å²) in [5.74, 6) is 0.445. The molecule has 2 heterocycles. The van der Waals surface area contributed by atoms with E-state index in [1.807, 2.05) is 12.1 Å². The summed E-state index contributed by atoms with van der Waals surface area (Å²) in [6.07, 6.45) is 4.20. The molecule has 23 heavy (non-hydrogen) atoms. The minimum Gasteiger partial charge on any atom is -0.394 e. The summed E-state index contributed by atoms with van der Waals surface area (Å²) in [6, 6.07) is 10.2. The average molecular weight is 311 g/mol. The van der Waals surface area contributed by atoms with Crippen LogP contribution >= 0.6 is 0 Å². The molecule has 0 radical (unpaired) electrons. The van der Waals surface area contributed by atoms with E-state index >= 15 is 0 Å². The van der Waals surface area contributed by atoms with E-state index in [1.165, 1.54) is 18.9 Å². The zero-order valence-electron chi connectivity index (χ0n) is 12.7. The fourth-order valence-corrected chi connectivity index (χ4v) is 3.06. The predicted octanol–water partition coefficient (Wildman–Crippen LogP) is 2.98. The van der Waals surface area contributed by atoms with Gasteiger partial charge < -0.3 is 14.9 Å². The standard InChI is InChI=1S/C18H18FN3O/c19-14-5-6-17-13(8-14)9-15(22(17)10-12-3-4-12)11-21-7-1-2-16(20)18(21)23/h1-2,5-9,12H,3-4,10-11,20H2. The lowest BCUT2D eigenvalue weighted by molar-refractivity contribution is 0.598. The van der Waals surface area contributed by atoms with Gasteiger partial charge in [0.25, 0.3) is 5.56 Å². The number of rotatable bonds is 4. The second kappa shape index (κ2) is 5.26. The summed E-state index contributed by atoms with van der Waals surface area (Å²) < 4.78 is 17.3. The van der Waals surface area contributed by atoms with Crippen molar-refractivity contribution in [2.45, 2.75) is 25.9 Å². The molecule has 4 rings (SSSR count). The first-order chi connectivity index (χ1) is 11.1. The van der Waals surface area contributed by atoms with Crippen molar-refractivity contribution in [3.05, 3.63) is 64.5 Å². The Morgan fingerprint density at radius 3 is 2.83 bits per heavy atom. The maximum absolute atomic E-state index is 13.5. The summed E-state index contributed by atoms with van der Waals surface area (Å²) in [4.78, 5) is 12.2. The first kappa shape index (κ1) is 14.1. The Morgan fingerprint density at radius 2 is 2.04 bits per heavy atom. The van der Waals surface area contributed by atoms with Crippen molar-refractivity contribution < 1.29 is 4.39 Å². The molecule has 0 aliphatic heterocycles. The van der Waals surface area contributed by atoms with Crippen LogP contribution in [-0.2, 0) is 13.1 Å². The molecule has 118 valence electrons. The van der Waals surface area contributed by atoms with E-state index in [0.29, 0.717) is 12.5 Å². The van der Waals surface area contributed by atoms with Crippen molar-refractivity contribution in [2.75, 3.05) is 5.73 Å². The summed E-state index contributed by atoms with van der Waals surface area (Å²) in [7, 11) is 0. The monoisotopic (exact) mass is 311 g/mol. The van der Waals surface area contributed by atoms with E-state index in [0.717, 1.165) is 23.1 Å². The van der Waals surface area contributed by atoms with Crippen LogP contribution in [-0.4, -0.2) is 9.13 Å². The molecule has 0 bridgehead atoms. The first-order valence-electron chi connectivity index (χ1n) is 7.84. The highest BCUT2D eigenvalue weighted by molar-refractivity contribution is 5.81. The van der Waals surface area contributed by atoms with Crippen molar-refractivity contribution in [3.63, 3.8) is 0 Å². The van der Waals surface area contributed by atoms with Crippen LogP contribution in [0.15, 0.2) is 47.4 Å². The maximum atomic E-state index is 13.5. The van der Waals surface area contributed by atoms with Crippen molar-refractivity contribution in [1.82, 2.24) is 9.13 Å². The van der Waals surface area contributed by atoms with Gasteiger partial charge >= 0.3 is 0 Å². The van der Waals surface area contributed by atoms with E-state index in [1.54, 1.807) is 29.0 Å². The number of anilines is 1. The second-order valence-electron chi connectivity index (χ2n) is 6.29. The molecular formula is C18H18FN3O. The molecule has 0 saturated heterocycles. The van der Waals surface area contributed by atoms with Crippen LogP contribution in [0.5, 0.6) is 0 Å². The van der Waals surface area contributed by atoms with E-state index < -0.39 is 0 Å². The third-order valence-corrected chi connectivity index (χ3v) is 4.47. The molecule has 0 spiro atoms. The van der Waals surface area contributed by atoms with Gasteiger partial charge in [-0.1, -0.05) is 0 Å². The number of hydrogen-bond donors (Lipinski definition) is 1. The van der Waals surface area contributed by atoms with Gasteiger partial charge in [-0.3, -0.25) is 4.79 Å². The molecular weight excluding hydrogens is 293 g/mol. The third-order valence-electron chi connectivity index (χ3n) is 4.47. The first-order valence-corrected chi connectivity index (χ1v) is 7.84. The quantitative estimate of drug-likeness (QED) is 0.805. The lowest BCUT2D eigenvalue weighted by Gasteiger charge is -2.12. The van der Waals surface area contributed by atoms with Gasteiger partial charge in [0.15, 0.2) is 0 Å². The molecule has 2 aromatic heterocycles. The van der Waals surface area contributed by atoms with Crippen LogP contribution in [0.3, 0.4) is 0 Å². The van der Waals surface area contributed by atoms with Crippen LogP contribution in [0.4, 0.5) is 10.1 Å². The Kier molecular flexibility index (Phi) is 3.22. The third kappa shape index (κ3) is 2.63. The van der Waals surface area contributed by atoms with Gasteiger partial charge in [0.1, 0.15) is 5.82 Å². The van der Waals surface area contributed by atoms with Crippen molar-refractivity contribution >= 4 is 16.6 Å². The van der Waals surface area contributed by atoms with E-state index in [9.17, 15) is 9.18 Å². The number of benzene rings is 1.